The van der Waals surface area contributed by atoms with Gasteiger partial charge in [-0.1, -0.05) is 18.6 Å². The van der Waals surface area contributed by atoms with Crippen LogP contribution in [0.4, 0.5) is 0 Å². The third kappa shape index (κ3) is 1.28. The SMILES string of the molecule is CC1=C(C)c2cccnc2C(C)C1. The van der Waals surface area contributed by atoms with Crippen LogP contribution in [0.15, 0.2) is 23.9 Å². The van der Waals surface area contributed by atoms with Gasteiger partial charge in [-0.2, -0.15) is 0 Å². The van der Waals surface area contributed by atoms with Gasteiger partial charge in [0.25, 0.3) is 0 Å². The van der Waals surface area contributed by atoms with Crippen LogP contribution in [-0.4, -0.2) is 4.98 Å². The Morgan fingerprint density at radius 3 is 2.92 bits per heavy atom. The fourth-order valence-corrected chi connectivity index (χ4v) is 2.07. The molecular weight excluding hydrogens is 158 g/mol. The highest BCUT2D eigenvalue weighted by Gasteiger charge is 2.19. The summed E-state index contributed by atoms with van der Waals surface area (Å²) in [6, 6.07) is 4.20. The number of nitrogens with zero attached hydrogens (tertiary/aromatic N) is 1. The van der Waals surface area contributed by atoms with Crippen LogP contribution in [0, 0.1) is 0 Å². The zero-order valence-corrected chi connectivity index (χ0v) is 8.46. The maximum atomic E-state index is 4.45. The van der Waals surface area contributed by atoms with Gasteiger partial charge in [-0.05, 0) is 37.5 Å². The fourth-order valence-electron chi connectivity index (χ4n) is 2.07. The molecule has 1 aromatic heterocycles. The van der Waals surface area contributed by atoms with Gasteiger partial charge in [0.05, 0.1) is 5.69 Å². The van der Waals surface area contributed by atoms with Crippen molar-refractivity contribution in [2.45, 2.75) is 33.1 Å². The molecule has 0 bridgehead atoms. The number of rotatable bonds is 0. The van der Waals surface area contributed by atoms with Crippen molar-refractivity contribution in [1.82, 2.24) is 4.98 Å². The van der Waals surface area contributed by atoms with Crippen molar-refractivity contribution < 1.29 is 0 Å². The van der Waals surface area contributed by atoms with E-state index in [1.807, 2.05) is 12.3 Å². The van der Waals surface area contributed by atoms with Crippen molar-refractivity contribution in [2.24, 2.45) is 0 Å². The molecule has 13 heavy (non-hydrogen) atoms. The van der Waals surface area contributed by atoms with Gasteiger partial charge in [0.1, 0.15) is 0 Å². The van der Waals surface area contributed by atoms with Crippen LogP contribution in [0.3, 0.4) is 0 Å². The van der Waals surface area contributed by atoms with Crippen molar-refractivity contribution in [3.63, 3.8) is 0 Å². The molecule has 1 heterocycles. The summed E-state index contributed by atoms with van der Waals surface area (Å²) in [6.45, 7) is 6.67. The quantitative estimate of drug-likeness (QED) is 0.586. The van der Waals surface area contributed by atoms with E-state index < -0.39 is 0 Å². The largest absolute Gasteiger partial charge is 0.260 e. The van der Waals surface area contributed by atoms with E-state index in [1.165, 1.54) is 22.4 Å². The Balaban J connectivity index is 2.62. The molecule has 0 spiro atoms. The van der Waals surface area contributed by atoms with E-state index in [0.717, 1.165) is 6.42 Å². The molecule has 1 unspecified atom stereocenters. The smallest absolute Gasteiger partial charge is 0.0509 e. The molecule has 1 aliphatic carbocycles. The van der Waals surface area contributed by atoms with E-state index in [0.29, 0.717) is 5.92 Å². The van der Waals surface area contributed by atoms with Gasteiger partial charge in [-0.25, -0.2) is 0 Å². The summed E-state index contributed by atoms with van der Waals surface area (Å²) in [5, 5.41) is 0. The monoisotopic (exact) mass is 173 g/mol. The summed E-state index contributed by atoms with van der Waals surface area (Å²) in [7, 11) is 0. The Kier molecular flexibility index (Phi) is 1.95. The molecule has 0 N–H and O–H groups in total. The third-order valence-electron chi connectivity index (χ3n) is 2.96. The molecule has 0 saturated heterocycles. The Morgan fingerprint density at radius 2 is 2.15 bits per heavy atom. The van der Waals surface area contributed by atoms with E-state index in [2.05, 4.69) is 31.8 Å². The van der Waals surface area contributed by atoms with Crippen molar-refractivity contribution in [2.75, 3.05) is 0 Å². The van der Waals surface area contributed by atoms with Gasteiger partial charge in [0.15, 0.2) is 0 Å². The number of hydrogen-bond donors (Lipinski definition) is 0. The second-order valence-corrected chi connectivity index (χ2v) is 3.95. The lowest BCUT2D eigenvalue weighted by atomic mass is 9.84. The summed E-state index contributed by atoms with van der Waals surface area (Å²) in [6.07, 6.45) is 3.05. The third-order valence-corrected chi connectivity index (χ3v) is 2.96. The summed E-state index contributed by atoms with van der Waals surface area (Å²) < 4.78 is 0. The first-order chi connectivity index (χ1) is 6.20. The second kappa shape index (κ2) is 2.99. The van der Waals surface area contributed by atoms with Crippen LogP contribution in [0.5, 0.6) is 0 Å². The van der Waals surface area contributed by atoms with Crippen LogP contribution in [-0.2, 0) is 0 Å². The molecule has 1 heteroatoms. The molecule has 2 rings (SSSR count). The summed E-state index contributed by atoms with van der Waals surface area (Å²) in [5.41, 5.74) is 5.54. The first kappa shape index (κ1) is 8.49. The van der Waals surface area contributed by atoms with Gasteiger partial charge in [0, 0.05) is 12.1 Å². The van der Waals surface area contributed by atoms with E-state index in [4.69, 9.17) is 0 Å². The van der Waals surface area contributed by atoms with Crippen molar-refractivity contribution >= 4 is 5.57 Å². The minimum absolute atomic E-state index is 0.583. The van der Waals surface area contributed by atoms with E-state index in [-0.39, 0.29) is 0 Å². The lowest BCUT2D eigenvalue weighted by Gasteiger charge is -2.23. The minimum Gasteiger partial charge on any atom is -0.260 e. The number of fused-ring (bicyclic) bond motifs is 1. The van der Waals surface area contributed by atoms with Gasteiger partial charge in [0.2, 0.25) is 0 Å². The van der Waals surface area contributed by atoms with Gasteiger partial charge in [-0.3, -0.25) is 4.98 Å². The average molecular weight is 173 g/mol. The van der Waals surface area contributed by atoms with Crippen molar-refractivity contribution in [3.8, 4) is 0 Å². The predicted octanol–water partition coefficient (Wildman–Crippen LogP) is 3.38. The molecule has 0 radical (unpaired) electrons. The lowest BCUT2D eigenvalue weighted by molar-refractivity contribution is 0.709. The van der Waals surface area contributed by atoms with Crippen LogP contribution >= 0.6 is 0 Å². The molecule has 0 amide bonds. The Labute approximate surface area is 79.5 Å². The van der Waals surface area contributed by atoms with Crippen LogP contribution in [0.2, 0.25) is 0 Å². The van der Waals surface area contributed by atoms with Gasteiger partial charge >= 0.3 is 0 Å². The summed E-state index contributed by atoms with van der Waals surface area (Å²) in [5.74, 6) is 0.583. The molecule has 1 nitrogen and oxygen atoms in total. The first-order valence-corrected chi connectivity index (χ1v) is 4.81. The number of hydrogen-bond acceptors (Lipinski definition) is 1. The zero-order valence-electron chi connectivity index (χ0n) is 8.46. The number of allylic oxidation sites excluding steroid dienone is 2. The maximum Gasteiger partial charge on any atom is 0.0509 e. The van der Waals surface area contributed by atoms with Crippen LogP contribution in [0.25, 0.3) is 5.57 Å². The first-order valence-electron chi connectivity index (χ1n) is 4.81. The summed E-state index contributed by atoms with van der Waals surface area (Å²) >= 11 is 0. The highest BCUT2D eigenvalue weighted by atomic mass is 14.7. The zero-order chi connectivity index (χ0) is 9.42. The standard InChI is InChI=1S/C12H15N/c1-8-7-9(2)12-11(10(8)3)5-4-6-13-12/h4-6,9H,7H2,1-3H3. The van der Waals surface area contributed by atoms with E-state index in [9.17, 15) is 0 Å². The molecule has 1 aliphatic rings. The topological polar surface area (TPSA) is 12.9 Å². The van der Waals surface area contributed by atoms with Crippen LogP contribution in [0.1, 0.15) is 44.4 Å². The van der Waals surface area contributed by atoms with Crippen LogP contribution < -0.4 is 0 Å². The predicted molar refractivity (Wildman–Crippen MR) is 55.5 cm³/mol. The van der Waals surface area contributed by atoms with Crippen molar-refractivity contribution in [3.05, 3.63) is 35.2 Å². The fraction of sp³-hybridized carbons (Fsp3) is 0.417. The van der Waals surface area contributed by atoms with E-state index in [1.54, 1.807) is 0 Å². The second-order valence-electron chi connectivity index (χ2n) is 3.95. The number of aromatic nitrogens is 1. The normalized spacial score (nSPS) is 21.6. The molecule has 1 atom stereocenters. The molecule has 1 aromatic rings. The molecular formula is C12H15N. The van der Waals surface area contributed by atoms with E-state index >= 15 is 0 Å². The van der Waals surface area contributed by atoms with Gasteiger partial charge < -0.3 is 0 Å². The highest BCUT2D eigenvalue weighted by Crippen LogP contribution is 2.36. The Hall–Kier alpha value is -1.11. The van der Waals surface area contributed by atoms with Crippen molar-refractivity contribution in [1.29, 1.82) is 0 Å². The molecule has 68 valence electrons. The Morgan fingerprint density at radius 1 is 1.38 bits per heavy atom. The number of pyridine rings is 1. The highest BCUT2D eigenvalue weighted by molar-refractivity contribution is 5.70. The average Bonchev–Trinajstić information content (AvgIpc) is 2.15. The molecule has 0 fully saturated rings. The summed E-state index contributed by atoms with van der Waals surface area (Å²) in [4.78, 5) is 4.45. The van der Waals surface area contributed by atoms with Gasteiger partial charge in [-0.15, -0.1) is 0 Å². The maximum absolute atomic E-state index is 4.45. The minimum atomic E-state index is 0.583. The Bertz CT molecular complexity index is 363. The lowest BCUT2D eigenvalue weighted by Crippen LogP contribution is -2.08. The molecule has 0 aromatic carbocycles. The molecule has 0 aliphatic heterocycles. The molecule has 0 saturated carbocycles.